The highest BCUT2D eigenvalue weighted by Gasteiger charge is 2.21. The van der Waals surface area contributed by atoms with Gasteiger partial charge in [0.1, 0.15) is 0 Å². The first kappa shape index (κ1) is 13.5. The SMILES string of the molecule is COC(C)(C)CC(=O)Nc1ccc(C)cc1N. The third-order valence-corrected chi connectivity index (χ3v) is 2.62. The fraction of sp³-hybridized carbons (Fsp3) is 0.462. The number of benzene rings is 1. The Labute approximate surface area is 102 Å². The van der Waals surface area contributed by atoms with E-state index in [0.717, 1.165) is 5.56 Å². The van der Waals surface area contributed by atoms with Crippen molar-refractivity contribution in [3.8, 4) is 0 Å². The summed E-state index contributed by atoms with van der Waals surface area (Å²) in [5, 5.41) is 2.78. The molecule has 0 spiro atoms. The highest BCUT2D eigenvalue weighted by molar-refractivity contribution is 5.94. The highest BCUT2D eigenvalue weighted by Crippen LogP contribution is 2.21. The Hall–Kier alpha value is -1.55. The number of aryl methyl sites for hydroxylation is 1. The van der Waals surface area contributed by atoms with E-state index in [9.17, 15) is 4.79 Å². The average Bonchev–Trinajstić information content (AvgIpc) is 2.21. The molecule has 0 aromatic heterocycles. The van der Waals surface area contributed by atoms with Crippen LogP contribution in [-0.4, -0.2) is 18.6 Å². The molecule has 1 amide bonds. The van der Waals surface area contributed by atoms with Crippen molar-refractivity contribution in [2.75, 3.05) is 18.2 Å². The summed E-state index contributed by atoms with van der Waals surface area (Å²) < 4.78 is 5.20. The lowest BCUT2D eigenvalue weighted by molar-refractivity contribution is -0.121. The molecule has 4 nitrogen and oxygen atoms in total. The van der Waals surface area contributed by atoms with Crippen LogP contribution < -0.4 is 11.1 Å². The highest BCUT2D eigenvalue weighted by atomic mass is 16.5. The van der Waals surface area contributed by atoms with Gasteiger partial charge in [-0.25, -0.2) is 0 Å². The summed E-state index contributed by atoms with van der Waals surface area (Å²) in [5.74, 6) is -0.104. The van der Waals surface area contributed by atoms with Crippen LogP contribution in [0.1, 0.15) is 25.8 Å². The molecule has 3 N–H and O–H groups in total. The first-order valence-corrected chi connectivity index (χ1v) is 5.55. The first-order valence-electron chi connectivity index (χ1n) is 5.55. The molecule has 0 heterocycles. The summed E-state index contributed by atoms with van der Waals surface area (Å²) in [6.07, 6.45) is 0.289. The van der Waals surface area contributed by atoms with Crippen molar-refractivity contribution in [1.29, 1.82) is 0 Å². The number of carbonyl (C=O) groups excluding carboxylic acids is 1. The second kappa shape index (κ2) is 5.19. The lowest BCUT2D eigenvalue weighted by Gasteiger charge is -2.22. The van der Waals surface area contributed by atoms with E-state index >= 15 is 0 Å². The summed E-state index contributed by atoms with van der Waals surface area (Å²) in [7, 11) is 1.59. The van der Waals surface area contributed by atoms with E-state index in [4.69, 9.17) is 10.5 Å². The minimum Gasteiger partial charge on any atom is -0.397 e. The minimum atomic E-state index is -0.469. The van der Waals surface area contributed by atoms with Gasteiger partial charge in [-0.3, -0.25) is 4.79 Å². The van der Waals surface area contributed by atoms with Crippen molar-refractivity contribution < 1.29 is 9.53 Å². The number of methoxy groups -OCH3 is 1. The standard InChI is InChI=1S/C13H20N2O2/c1-9-5-6-11(10(14)7-9)15-12(16)8-13(2,3)17-4/h5-7H,8,14H2,1-4H3,(H,15,16). The molecular formula is C13H20N2O2. The van der Waals surface area contributed by atoms with E-state index in [1.807, 2.05) is 39.0 Å². The number of hydrogen-bond donors (Lipinski definition) is 2. The number of amides is 1. The van der Waals surface area contributed by atoms with Crippen LogP contribution in [0, 0.1) is 6.92 Å². The van der Waals surface area contributed by atoms with Gasteiger partial charge in [0.2, 0.25) is 5.91 Å². The molecule has 17 heavy (non-hydrogen) atoms. The van der Waals surface area contributed by atoms with Crippen molar-refractivity contribution >= 4 is 17.3 Å². The second-order valence-corrected chi connectivity index (χ2v) is 4.78. The Kier molecular flexibility index (Phi) is 4.12. The molecule has 0 saturated carbocycles. The molecule has 1 aromatic carbocycles. The maximum Gasteiger partial charge on any atom is 0.227 e. The number of hydrogen-bond acceptors (Lipinski definition) is 3. The molecule has 0 aliphatic rings. The Bertz CT molecular complexity index is 414. The molecular weight excluding hydrogens is 216 g/mol. The lowest BCUT2D eigenvalue weighted by Crippen LogP contribution is -2.29. The van der Waals surface area contributed by atoms with Crippen LogP contribution >= 0.6 is 0 Å². The Morgan fingerprint density at radius 3 is 2.65 bits per heavy atom. The third-order valence-electron chi connectivity index (χ3n) is 2.62. The fourth-order valence-electron chi connectivity index (χ4n) is 1.45. The van der Waals surface area contributed by atoms with Crippen LogP contribution in [0.15, 0.2) is 18.2 Å². The lowest BCUT2D eigenvalue weighted by atomic mass is 10.0. The van der Waals surface area contributed by atoms with E-state index in [1.165, 1.54) is 0 Å². The monoisotopic (exact) mass is 236 g/mol. The summed E-state index contributed by atoms with van der Waals surface area (Å²) in [4.78, 5) is 11.8. The molecule has 0 radical (unpaired) electrons. The van der Waals surface area contributed by atoms with Gasteiger partial charge in [0.25, 0.3) is 0 Å². The van der Waals surface area contributed by atoms with Gasteiger partial charge in [0, 0.05) is 7.11 Å². The van der Waals surface area contributed by atoms with E-state index in [2.05, 4.69) is 5.32 Å². The fourth-order valence-corrected chi connectivity index (χ4v) is 1.45. The smallest absolute Gasteiger partial charge is 0.227 e. The zero-order valence-electron chi connectivity index (χ0n) is 10.8. The molecule has 4 heteroatoms. The maximum absolute atomic E-state index is 11.8. The first-order chi connectivity index (χ1) is 7.84. The largest absolute Gasteiger partial charge is 0.397 e. The molecule has 0 aliphatic heterocycles. The van der Waals surface area contributed by atoms with Crippen molar-refractivity contribution in [3.63, 3.8) is 0 Å². The molecule has 0 saturated heterocycles. The van der Waals surface area contributed by atoms with Gasteiger partial charge in [-0.05, 0) is 38.5 Å². The number of nitrogen functional groups attached to an aromatic ring is 1. The Morgan fingerprint density at radius 2 is 2.12 bits per heavy atom. The number of nitrogens with two attached hydrogens (primary N) is 1. The quantitative estimate of drug-likeness (QED) is 0.789. The topological polar surface area (TPSA) is 64.3 Å². The number of carbonyl (C=O) groups is 1. The summed E-state index contributed by atoms with van der Waals surface area (Å²) in [6.45, 7) is 5.69. The van der Waals surface area contributed by atoms with Crippen LogP contribution in [0.25, 0.3) is 0 Å². The van der Waals surface area contributed by atoms with Crippen LogP contribution in [0.5, 0.6) is 0 Å². The molecule has 0 bridgehead atoms. The number of rotatable bonds is 4. The van der Waals surface area contributed by atoms with Gasteiger partial charge in [0.15, 0.2) is 0 Å². The molecule has 0 fully saturated rings. The molecule has 0 unspecified atom stereocenters. The van der Waals surface area contributed by atoms with Gasteiger partial charge in [-0.1, -0.05) is 6.07 Å². The zero-order valence-corrected chi connectivity index (χ0v) is 10.8. The van der Waals surface area contributed by atoms with E-state index < -0.39 is 5.60 Å². The van der Waals surface area contributed by atoms with Crippen molar-refractivity contribution in [1.82, 2.24) is 0 Å². The van der Waals surface area contributed by atoms with Crippen LogP contribution in [0.4, 0.5) is 11.4 Å². The average molecular weight is 236 g/mol. The van der Waals surface area contributed by atoms with Gasteiger partial charge in [0.05, 0.1) is 23.4 Å². The molecule has 0 atom stereocenters. The number of nitrogens with one attached hydrogen (secondary N) is 1. The number of anilines is 2. The molecule has 94 valence electrons. The Morgan fingerprint density at radius 1 is 1.47 bits per heavy atom. The zero-order chi connectivity index (χ0) is 13.1. The van der Waals surface area contributed by atoms with E-state index in [1.54, 1.807) is 7.11 Å². The van der Waals surface area contributed by atoms with Gasteiger partial charge in [-0.15, -0.1) is 0 Å². The molecule has 1 aromatic rings. The van der Waals surface area contributed by atoms with Crippen LogP contribution in [0.3, 0.4) is 0 Å². The number of ether oxygens (including phenoxy) is 1. The van der Waals surface area contributed by atoms with E-state index in [0.29, 0.717) is 11.4 Å². The maximum atomic E-state index is 11.8. The van der Waals surface area contributed by atoms with Crippen molar-refractivity contribution in [2.24, 2.45) is 0 Å². The summed E-state index contributed by atoms with van der Waals surface area (Å²) >= 11 is 0. The predicted octanol–water partition coefficient (Wildman–Crippen LogP) is 2.33. The summed E-state index contributed by atoms with van der Waals surface area (Å²) in [6, 6.07) is 5.55. The van der Waals surface area contributed by atoms with Crippen molar-refractivity contribution in [2.45, 2.75) is 32.8 Å². The third kappa shape index (κ3) is 4.07. The van der Waals surface area contributed by atoms with E-state index in [-0.39, 0.29) is 12.3 Å². The molecule has 0 aliphatic carbocycles. The van der Waals surface area contributed by atoms with Gasteiger partial charge < -0.3 is 15.8 Å². The minimum absolute atomic E-state index is 0.104. The van der Waals surface area contributed by atoms with Gasteiger partial charge in [-0.2, -0.15) is 0 Å². The van der Waals surface area contributed by atoms with Crippen LogP contribution in [0.2, 0.25) is 0 Å². The van der Waals surface area contributed by atoms with Crippen LogP contribution in [-0.2, 0) is 9.53 Å². The molecule has 1 rings (SSSR count). The van der Waals surface area contributed by atoms with Crippen molar-refractivity contribution in [3.05, 3.63) is 23.8 Å². The normalized spacial score (nSPS) is 11.3. The predicted molar refractivity (Wildman–Crippen MR) is 69.9 cm³/mol. The Balaban J connectivity index is 2.69. The second-order valence-electron chi connectivity index (χ2n) is 4.78. The van der Waals surface area contributed by atoms with Gasteiger partial charge >= 0.3 is 0 Å². The summed E-state index contributed by atoms with van der Waals surface area (Å²) in [5.41, 5.74) is 7.64.